The number of anilines is 1. The molecular formula is C22H17N5O6S. The van der Waals surface area contributed by atoms with Crippen molar-refractivity contribution in [2.24, 2.45) is 0 Å². The summed E-state index contributed by atoms with van der Waals surface area (Å²) in [5.41, 5.74) is -0.134. The van der Waals surface area contributed by atoms with Crippen LogP contribution in [0, 0.1) is 20.2 Å². The van der Waals surface area contributed by atoms with Crippen LogP contribution in [0.5, 0.6) is 5.75 Å². The highest BCUT2D eigenvalue weighted by molar-refractivity contribution is 7.22. The van der Waals surface area contributed by atoms with Gasteiger partial charge in [-0.25, -0.2) is 4.98 Å². The lowest BCUT2D eigenvalue weighted by atomic mass is 10.1. The fourth-order valence-corrected chi connectivity index (χ4v) is 4.22. The number of aromatic nitrogens is 2. The quantitative estimate of drug-likeness (QED) is 0.260. The van der Waals surface area contributed by atoms with Crippen molar-refractivity contribution in [1.82, 2.24) is 9.97 Å². The van der Waals surface area contributed by atoms with Crippen LogP contribution in [-0.2, 0) is 6.54 Å². The molecule has 0 saturated carbocycles. The molecule has 0 aliphatic heterocycles. The van der Waals surface area contributed by atoms with E-state index in [4.69, 9.17) is 4.74 Å². The lowest BCUT2D eigenvalue weighted by molar-refractivity contribution is -0.394. The van der Waals surface area contributed by atoms with Crippen molar-refractivity contribution in [2.45, 2.75) is 13.5 Å². The molecule has 2 heterocycles. The summed E-state index contributed by atoms with van der Waals surface area (Å²) in [6.45, 7) is 2.37. The molecule has 0 fully saturated rings. The maximum Gasteiger partial charge on any atom is 0.277 e. The number of non-ortho nitro benzene ring substituents is 2. The lowest BCUT2D eigenvalue weighted by Crippen LogP contribution is -2.30. The van der Waals surface area contributed by atoms with Gasteiger partial charge in [0.15, 0.2) is 5.13 Å². The molecule has 34 heavy (non-hydrogen) atoms. The minimum atomic E-state index is -0.778. The van der Waals surface area contributed by atoms with Crippen LogP contribution in [0.15, 0.2) is 60.8 Å². The highest BCUT2D eigenvalue weighted by Gasteiger charge is 2.26. The van der Waals surface area contributed by atoms with E-state index in [9.17, 15) is 25.0 Å². The zero-order valence-electron chi connectivity index (χ0n) is 17.8. The summed E-state index contributed by atoms with van der Waals surface area (Å²) < 4.78 is 6.30. The molecule has 1 amide bonds. The largest absolute Gasteiger partial charge is 0.494 e. The Morgan fingerprint density at radius 3 is 2.41 bits per heavy atom. The van der Waals surface area contributed by atoms with Gasteiger partial charge in [-0.15, -0.1) is 0 Å². The Balaban J connectivity index is 1.81. The fourth-order valence-electron chi connectivity index (χ4n) is 3.23. The summed E-state index contributed by atoms with van der Waals surface area (Å²) >= 11 is 1.23. The summed E-state index contributed by atoms with van der Waals surface area (Å²) in [5.74, 6) is -0.0244. The molecule has 0 unspecified atom stereocenters. The molecule has 4 rings (SSSR count). The second-order valence-electron chi connectivity index (χ2n) is 7.02. The van der Waals surface area contributed by atoms with Crippen LogP contribution in [0.25, 0.3) is 10.2 Å². The minimum Gasteiger partial charge on any atom is -0.494 e. The Labute approximate surface area is 196 Å². The maximum absolute atomic E-state index is 13.5. The number of hydrogen-bond acceptors (Lipinski definition) is 9. The van der Waals surface area contributed by atoms with E-state index in [0.717, 1.165) is 22.9 Å². The zero-order valence-corrected chi connectivity index (χ0v) is 18.6. The first-order valence-corrected chi connectivity index (χ1v) is 10.9. The van der Waals surface area contributed by atoms with Gasteiger partial charge in [-0.1, -0.05) is 17.4 Å². The average molecular weight is 479 g/mol. The Kier molecular flexibility index (Phi) is 6.41. The van der Waals surface area contributed by atoms with Crippen LogP contribution in [0.2, 0.25) is 0 Å². The number of hydrogen-bond donors (Lipinski definition) is 0. The summed E-state index contributed by atoms with van der Waals surface area (Å²) in [6.07, 6.45) is 1.57. The van der Waals surface area contributed by atoms with Crippen molar-refractivity contribution in [2.75, 3.05) is 11.5 Å². The topological polar surface area (TPSA) is 142 Å². The van der Waals surface area contributed by atoms with Crippen molar-refractivity contribution in [3.63, 3.8) is 0 Å². The van der Waals surface area contributed by atoms with Gasteiger partial charge in [-0.2, -0.15) is 0 Å². The first-order valence-electron chi connectivity index (χ1n) is 10.0. The van der Waals surface area contributed by atoms with E-state index in [1.165, 1.54) is 16.2 Å². The Morgan fingerprint density at radius 2 is 1.79 bits per heavy atom. The molecule has 0 radical (unpaired) electrons. The molecule has 172 valence electrons. The van der Waals surface area contributed by atoms with E-state index >= 15 is 0 Å². The third-order valence-electron chi connectivity index (χ3n) is 4.75. The summed E-state index contributed by atoms with van der Waals surface area (Å²) in [4.78, 5) is 44.7. The number of carbonyl (C=O) groups excluding carboxylic acids is 1. The van der Waals surface area contributed by atoms with Crippen LogP contribution in [-0.4, -0.2) is 32.3 Å². The number of rotatable bonds is 8. The number of thiazole rings is 1. The molecule has 0 aliphatic rings. The first-order chi connectivity index (χ1) is 16.4. The number of fused-ring (bicyclic) bond motifs is 1. The van der Waals surface area contributed by atoms with Crippen LogP contribution in [0.3, 0.4) is 0 Å². The number of amides is 1. The summed E-state index contributed by atoms with van der Waals surface area (Å²) in [7, 11) is 0. The van der Waals surface area contributed by atoms with E-state index in [1.807, 2.05) is 13.0 Å². The molecule has 12 heteroatoms. The second kappa shape index (κ2) is 9.58. The number of ether oxygens (including phenoxy) is 1. The molecule has 2 aromatic heterocycles. The van der Waals surface area contributed by atoms with E-state index in [0.29, 0.717) is 28.7 Å². The predicted molar refractivity (Wildman–Crippen MR) is 125 cm³/mol. The van der Waals surface area contributed by atoms with Crippen molar-refractivity contribution in [3.8, 4) is 5.75 Å². The SMILES string of the molecule is CCOc1ccc2nc(N(Cc3ccccn3)C(=O)c3cc([N+](=O)[O-])cc([N+](=O)[O-])c3)sc2c1. The number of carbonyl (C=O) groups is 1. The van der Waals surface area contributed by atoms with Gasteiger partial charge in [0.1, 0.15) is 5.75 Å². The van der Waals surface area contributed by atoms with Crippen LogP contribution < -0.4 is 9.64 Å². The fraction of sp³-hybridized carbons (Fsp3) is 0.136. The molecule has 0 saturated heterocycles. The normalized spacial score (nSPS) is 10.7. The van der Waals surface area contributed by atoms with Crippen molar-refractivity contribution in [3.05, 3.63) is 92.3 Å². The van der Waals surface area contributed by atoms with Crippen LogP contribution in [0.1, 0.15) is 23.0 Å². The third kappa shape index (κ3) is 4.81. The van der Waals surface area contributed by atoms with E-state index < -0.39 is 27.1 Å². The summed E-state index contributed by atoms with van der Waals surface area (Å²) in [5, 5.41) is 22.9. The van der Waals surface area contributed by atoms with Gasteiger partial charge in [0.25, 0.3) is 17.3 Å². The Morgan fingerprint density at radius 1 is 1.06 bits per heavy atom. The highest BCUT2D eigenvalue weighted by atomic mass is 32.1. The van der Waals surface area contributed by atoms with Crippen molar-refractivity contribution >= 4 is 44.0 Å². The van der Waals surface area contributed by atoms with Gasteiger partial charge in [0.2, 0.25) is 0 Å². The Bertz CT molecular complexity index is 1360. The molecule has 0 bridgehead atoms. The third-order valence-corrected chi connectivity index (χ3v) is 5.79. The van der Waals surface area contributed by atoms with Gasteiger partial charge < -0.3 is 4.74 Å². The first kappa shape index (κ1) is 22.7. The molecule has 0 N–H and O–H groups in total. The smallest absolute Gasteiger partial charge is 0.277 e. The molecule has 11 nitrogen and oxygen atoms in total. The molecule has 2 aromatic carbocycles. The van der Waals surface area contributed by atoms with E-state index in [1.54, 1.807) is 36.5 Å². The molecule has 0 aliphatic carbocycles. The Hall–Kier alpha value is -4.45. The number of nitrogens with zero attached hydrogens (tertiary/aromatic N) is 5. The van der Waals surface area contributed by atoms with Gasteiger partial charge >= 0.3 is 0 Å². The van der Waals surface area contributed by atoms with E-state index in [-0.39, 0.29) is 12.1 Å². The minimum absolute atomic E-state index is 0.00824. The standard InChI is InChI=1S/C22H17N5O6S/c1-2-33-18-6-7-19-20(12-18)34-22(24-19)25(13-15-5-3-4-8-23-15)21(28)14-9-16(26(29)30)11-17(10-14)27(31)32/h3-12H,2,13H2,1H3. The molecule has 0 spiro atoms. The van der Waals surface area contributed by atoms with Gasteiger partial charge in [0, 0.05) is 18.3 Å². The number of pyridine rings is 1. The average Bonchev–Trinajstić information content (AvgIpc) is 3.25. The number of benzene rings is 2. The predicted octanol–water partition coefficient (Wildman–Crippen LogP) is 4.75. The van der Waals surface area contributed by atoms with Gasteiger partial charge in [0.05, 0.1) is 50.5 Å². The van der Waals surface area contributed by atoms with Crippen molar-refractivity contribution in [1.29, 1.82) is 0 Å². The molecular weight excluding hydrogens is 462 g/mol. The number of nitro benzene ring substituents is 2. The molecule has 0 atom stereocenters. The van der Waals surface area contributed by atoms with Gasteiger partial charge in [-0.3, -0.25) is 34.9 Å². The maximum atomic E-state index is 13.5. The monoisotopic (exact) mass is 479 g/mol. The van der Waals surface area contributed by atoms with Gasteiger partial charge in [-0.05, 0) is 37.3 Å². The van der Waals surface area contributed by atoms with Crippen molar-refractivity contribution < 1.29 is 19.4 Å². The number of nitro groups is 2. The zero-order chi connectivity index (χ0) is 24.2. The second-order valence-corrected chi connectivity index (χ2v) is 8.03. The highest BCUT2D eigenvalue weighted by Crippen LogP contribution is 2.34. The van der Waals surface area contributed by atoms with Crippen LogP contribution >= 0.6 is 11.3 Å². The van der Waals surface area contributed by atoms with E-state index in [2.05, 4.69) is 9.97 Å². The van der Waals surface area contributed by atoms with Crippen LogP contribution in [0.4, 0.5) is 16.5 Å². The molecule has 4 aromatic rings. The lowest BCUT2D eigenvalue weighted by Gasteiger charge is -2.19. The summed E-state index contributed by atoms with van der Waals surface area (Å²) in [6, 6.07) is 13.4.